The lowest BCUT2D eigenvalue weighted by Crippen LogP contribution is -2.49. The standard InChI is InChI=1S/C27H30N4O2/c32-26(29-17-20-7-6-8-21(15-20)18-30-14-13-28-19-30)25-16-23-11-4-5-12-24(23)31(25)27(33)22-9-2-1-3-10-22/h1-3,6-10,13-15,19,23-25H,4-5,11-12,16-18H2,(H,29,32). The van der Waals surface area contributed by atoms with Gasteiger partial charge in [-0.2, -0.15) is 0 Å². The molecule has 0 spiro atoms. The molecule has 1 N–H and O–H groups in total. The van der Waals surface area contributed by atoms with Crippen LogP contribution in [0, 0.1) is 5.92 Å². The highest BCUT2D eigenvalue weighted by Gasteiger charge is 2.47. The molecule has 1 aliphatic carbocycles. The fraction of sp³-hybridized carbons (Fsp3) is 0.370. The van der Waals surface area contributed by atoms with Crippen molar-refractivity contribution >= 4 is 11.8 Å². The van der Waals surface area contributed by atoms with Gasteiger partial charge in [0, 0.05) is 37.1 Å². The molecule has 2 heterocycles. The first-order valence-corrected chi connectivity index (χ1v) is 11.9. The molecule has 170 valence electrons. The van der Waals surface area contributed by atoms with Crippen molar-refractivity contribution < 1.29 is 9.59 Å². The quantitative estimate of drug-likeness (QED) is 0.627. The molecule has 5 rings (SSSR count). The summed E-state index contributed by atoms with van der Waals surface area (Å²) in [6, 6.07) is 17.4. The average molecular weight is 443 g/mol. The maximum Gasteiger partial charge on any atom is 0.254 e. The third-order valence-electron chi connectivity index (χ3n) is 7.03. The van der Waals surface area contributed by atoms with E-state index in [1.54, 1.807) is 12.5 Å². The number of hydrogen-bond acceptors (Lipinski definition) is 3. The fourth-order valence-corrected chi connectivity index (χ4v) is 5.45. The Morgan fingerprint density at radius 3 is 2.64 bits per heavy atom. The number of nitrogens with zero attached hydrogens (tertiary/aromatic N) is 3. The summed E-state index contributed by atoms with van der Waals surface area (Å²) < 4.78 is 2.02. The number of carbonyl (C=O) groups is 2. The highest BCUT2D eigenvalue weighted by molar-refractivity contribution is 5.98. The van der Waals surface area contributed by atoms with E-state index in [1.807, 2.05) is 58.1 Å². The van der Waals surface area contributed by atoms with Crippen LogP contribution in [0.3, 0.4) is 0 Å². The van der Waals surface area contributed by atoms with Gasteiger partial charge in [0.05, 0.1) is 6.33 Å². The molecule has 2 aliphatic rings. The van der Waals surface area contributed by atoms with Crippen LogP contribution in [-0.2, 0) is 17.9 Å². The van der Waals surface area contributed by atoms with Crippen molar-refractivity contribution in [3.05, 3.63) is 90.0 Å². The molecule has 0 radical (unpaired) electrons. The van der Waals surface area contributed by atoms with Gasteiger partial charge in [-0.25, -0.2) is 4.98 Å². The number of carbonyl (C=O) groups excluding carboxylic acids is 2. The lowest BCUT2D eigenvalue weighted by Gasteiger charge is -2.33. The molecule has 6 heteroatoms. The van der Waals surface area contributed by atoms with Crippen molar-refractivity contribution in [1.82, 2.24) is 19.8 Å². The molecule has 3 unspecified atom stereocenters. The Bertz CT molecular complexity index is 1100. The Labute approximate surface area is 194 Å². The van der Waals surface area contributed by atoms with Gasteiger partial charge in [0.25, 0.3) is 5.91 Å². The highest BCUT2D eigenvalue weighted by Crippen LogP contribution is 2.40. The van der Waals surface area contributed by atoms with Crippen molar-refractivity contribution in [3.63, 3.8) is 0 Å². The number of hydrogen-bond donors (Lipinski definition) is 1. The number of rotatable bonds is 6. The zero-order chi connectivity index (χ0) is 22.6. The molecule has 2 aromatic carbocycles. The van der Waals surface area contributed by atoms with Crippen LogP contribution < -0.4 is 5.32 Å². The van der Waals surface area contributed by atoms with E-state index in [1.165, 1.54) is 6.42 Å². The minimum absolute atomic E-state index is 0.0209. The number of imidazole rings is 1. The molecule has 1 saturated heterocycles. The first-order chi connectivity index (χ1) is 16.2. The zero-order valence-electron chi connectivity index (χ0n) is 18.8. The van der Waals surface area contributed by atoms with E-state index in [0.717, 1.165) is 43.4 Å². The van der Waals surface area contributed by atoms with Gasteiger partial charge in [-0.05, 0) is 48.4 Å². The van der Waals surface area contributed by atoms with E-state index < -0.39 is 6.04 Å². The Hall–Kier alpha value is -3.41. The van der Waals surface area contributed by atoms with Gasteiger partial charge in [-0.1, -0.05) is 55.3 Å². The smallest absolute Gasteiger partial charge is 0.254 e. The molecule has 1 aromatic heterocycles. The number of amides is 2. The lowest BCUT2D eigenvalue weighted by atomic mass is 9.84. The zero-order valence-corrected chi connectivity index (χ0v) is 18.8. The maximum atomic E-state index is 13.4. The monoisotopic (exact) mass is 442 g/mol. The van der Waals surface area contributed by atoms with Crippen molar-refractivity contribution in [3.8, 4) is 0 Å². The third kappa shape index (κ3) is 4.70. The van der Waals surface area contributed by atoms with Crippen LogP contribution in [0.2, 0.25) is 0 Å². The van der Waals surface area contributed by atoms with Crippen molar-refractivity contribution in [2.24, 2.45) is 5.92 Å². The van der Waals surface area contributed by atoms with Crippen LogP contribution in [-0.4, -0.2) is 38.3 Å². The van der Waals surface area contributed by atoms with Crippen LogP contribution in [0.1, 0.15) is 53.6 Å². The summed E-state index contributed by atoms with van der Waals surface area (Å²) in [7, 11) is 0. The Kier molecular flexibility index (Phi) is 6.24. The van der Waals surface area contributed by atoms with Crippen LogP contribution in [0.5, 0.6) is 0 Å². The Morgan fingerprint density at radius 1 is 1.00 bits per heavy atom. The van der Waals surface area contributed by atoms with E-state index in [0.29, 0.717) is 18.0 Å². The number of aromatic nitrogens is 2. The van der Waals surface area contributed by atoms with Crippen LogP contribution in [0.4, 0.5) is 0 Å². The van der Waals surface area contributed by atoms with Gasteiger partial charge in [0.1, 0.15) is 6.04 Å². The number of benzene rings is 2. The van der Waals surface area contributed by atoms with Gasteiger partial charge in [-0.15, -0.1) is 0 Å². The van der Waals surface area contributed by atoms with Gasteiger partial charge in [0.15, 0.2) is 0 Å². The molecule has 3 aromatic rings. The number of nitrogens with one attached hydrogen (secondary N) is 1. The molecular weight excluding hydrogens is 412 g/mol. The minimum Gasteiger partial charge on any atom is -0.350 e. The van der Waals surface area contributed by atoms with Gasteiger partial charge < -0.3 is 14.8 Å². The minimum atomic E-state index is -0.403. The third-order valence-corrected chi connectivity index (χ3v) is 7.03. The lowest BCUT2D eigenvalue weighted by molar-refractivity contribution is -0.125. The maximum absolute atomic E-state index is 13.4. The van der Waals surface area contributed by atoms with Gasteiger partial charge in [0.2, 0.25) is 5.91 Å². The molecule has 33 heavy (non-hydrogen) atoms. The fourth-order valence-electron chi connectivity index (χ4n) is 5.45. The molecule has 1 aliphatic heterocycles. The first-order valence-electron chi connectivity index (χ1n) is 11.9. The second-order valence-corrected chi connectivity index (χ2v) is 9.21. The van der Waals surface area contributed by atoms with Gasteiger partial charge >= 0.3 is 0 Å². The number of fused-ring (bicyclic) bond motifs is 1. The SMILES string of the molecule is O=C(NCc1cccc(Cn2ccnc2)c1)C1CC2CCCCC2N1C(=O)c1ccccc1. The first kappa shape index (κ1) is 21.4. The summed E-state index contributed by atoms with van der Waals surface area (Å²) in [6.07, 6.45) is 10.7. The van der Waals surface area contributed by atoms with Crippen LogP contribution in [0.15, 0.2) is 73.3 Å². The topological polar surface area (TPSA) is 67.2 Å². The van der Waals surface area contributed by atoms with Crippen LogP contribution >= 0.6 is 0 Å². The predicted molar refractivity (Wildman–Crippen MR) is 126 cm³/mol. The molecule has 1 saturated carbocycles. The van der Waals surface area contributed by atoms with E-state index in [2.05, 4.69) is 22.4 Å². The highest BCUT2D eigenvalue weighted by atomic mass is 16.2. The molecule has 0 bridgehead atoms. The van der Waals surface area contributed by atoms with Crippen LogP contribution in [0.25, 0.3) is 0 Å². The molecule has 2 fully saturated rings. The molecule has 3 atom stereocenters. The van der Waals surface area contributed by atoms with Crippen molar-refractivity contribution in [2.45, 2.75) is 57.3 Å². The largest absolute Gasteiger partial charge is 0.350 e. The second-order valence-electron chi connectivity index (χ2n) is 9.21. The van der Waals surface area contributed by atoms with E-state index in [9.17, 15) is 9.59 Å². The van der Waals surface area contributed by atoms with Crippen molar-refractivity contribution in [2.75, 3.05) is 0 Å². The Morgan fingerprint density at radius 2 is 1.82 bits per heavy atom. The summed E-state index contributed by atoms with van der Waals surface area (Å²) >= 11 is 0. The summed E-state index contributed by atoms with van der Waals surface area (Å²) in [6.45, 7) is 1.20. The molecule has 6 nitrogen and oxygen atoms in total. The average Bonchev–Trinajstić information content (AvgIpc) is 3.51. The Balaban J connectivity index is 1.29. The van der Waals surface area contributed by atoms with Crippen molar-refractivity contribution in [1.29, 1.82) is 0 Å². The summed E-state index contributed by atoms with van der Waals surface area (Å²) in [4.78, 5) is 32.7. The second kappa shape index (κ2) is 9.61. The summed E-state index contributed by atoms with van der Waals surface area (Å²) in [5.41, 5.74) is 2.87. The predicted octanol–water partition coefficient (Wildman–Crippen LogP) is 4.02. The number of likely N-dealkylation sites (tertiary alicyclic amines) is 1. The molecule has 2 amide bonds. The van der Waals surface area contributed by atoms with E-state index >= 15 is 0 Å². The normalized spacial score (nSPS) is 22.1. The molecular formula is C27H30N4O2. The summed E-state index contributed by atoms with van der Waals surface area (Å²) in [5, 5.41) is 3.12. The van der Waals surface area contributed by atoms with Gasteiger partial charge in [-0.3, -0.25) is 9.59 Å². The summed E-state index contributed by atoms with van der Waals surface area (Å²) in [5.74, 6) is 0.349. The van der Waals surface area contributed by atoms with E-state index in [4.69, 9.17) is 0 Å². The van der Waals surface area contributed by atoms with E-state index in [-0.39, 0.29) is 17.9 Å².